The van der Waals surface area contributed by atoms with Crippen LogP contribution < -0.4 is 0 Å². The summed E-state index contributed by atoms with van der Waals surface area (Å²) in [6.45, 7) is 10.5. The molecule has 0 atom stereocenters. The third-order valence-electron chi connectivity index (χ3n) is 2.65. The van der Waals surface area contributed by atoms with Crippen molar-refractivity contribution in [2.45, 2.75) is 53.4 Å². The Morgan fingerprint density at radius 2 is 1.74 bits per heavy atom. The first-order valence-electron chi connectivity index (χ1n) is 6.65. The van der Waals surface area contributed by atoms with Crippen molar-refractivity contribution in [2.24, 2.45) is 5.41 Å². The minimum Gasteiger partial charge on any atom is -0.301 e. The maximum absolute atomic E-state index is 10.4. The van der Waals surface area contributed by atoms with Gasteiger partial charge in [0.1, 0.15) is 0 Å². The minimum absolute atomic E-state index is 0.119. The number of carbonyl (C=O) groups excluding carboxylic acids is 1. The van der Waals surface area contributed by atoms with Crippen LogP contribution in [0.3, 0.4) is 0 Å². The van der Waals surface area contributed by atoms with Crippen LogP contribution in [0.25, 0.3) is 0 Å². The molecule has 19 heavy (non-hydrogen) atoms. The van der Waals surface area contributed by atoms with E-state index in [-0.39, 0.29) is 11.8 Å². The largest absolute Gasteiger partial charge is 0.342 e. The molecule has 0 aromatic heterocycles. The van der Waals surface area contributed by atoms with Crippen LogP contribution in [0.4, 0.5) is 0 Å². The molecule has 108 valence electrons. The average molecular weight is 266 g/mol. The van der Waals surface area contributed by atoms with E-state index in [4.69, 9.17) is 5.26 Å². The molecule has 0 unspecified atom stereocenters. The van der Waals surface area contributed by atoms with Gasteiger partial charge < -0.3 is 4.89 Å². The molecule has 0 heterocycles. The number of hydrogen-bond donors (Lipinski definition) is 1. The Morgan fingerprint density at radius 1 is 1.21 bits per heavy atom. The zero-order valence-corrected chi connectivity index (χ0v) is 12.6. The molecule has 0 bridgehead atoms. The molecule has 1 aromatic carbocycles. The van der Waals surface area contributed by atoms with E-state index in [1.807, 2.05) is 26.8 Å². The van der Waals surface area contributed by atoms with Gasteiger partial charge in [0, 0.05) is 6.42 Å². The lowest BCUT2D eigenvalue weighted by atomic mass is 9.91. The Morgan fingerprint density at radius 3 is 2.05 bits per heavy atom. The van der Waals surface area contributed by atoms with E-state index in [9.17, 15) is 4.79 Å². The first-order valence-corrected chi connectivity index (χ1v) is 6.65. The predicted molar refractivity (Wildman–Crippen MR) is 77.9 cm³/mol. The van der Waals surface area contributed by atoms with Crippen LogP contribution in [0.2, 0.25) is 0 Å². The Balaban J connectivity index is 0.000000342. The summed E-state index contributed by atoms with van der Waals surface area (Å²) in [5.41, 5.74) is 1.53. The van der Waals surface area contributed by atoms with Crippen molar-refractivity contribution < 1.29 is 14.9 Å². The van der Waals surface area contributed by atoms with E-state index in [1.165, 1.54) is 5.56 Å². The molecule has 0 aliphatic heterocycles. The molecule has 0 spiro atoms. The fraction of sp³-hybridized carbons (Fsp3) is 0.562. The molecule has 0 aliphatic carbocycles. The van der Waals surface area contributed by atoms with Crippen LogP contribution in [0, 0.1) is 5.41 Å². The van der Waals surface area contributed by atoms with Crippen LogP contribution in [-0.2, 0) is 9.68 Å². The lowest BCUT2D eigenvalue weighted by Crippen LogP contribution is -2.09. The Kier molecular flexibility index (Phi) is 8.08. The van der Waals surface area contributed by atoms with Crippen molar-refractivity contribution in [3.8, 4) is 0 Å². The van der Waals surface area contributed by atoms with Crippen LogP contribution >= 0.6 is 0 Å². The summed E-state index contributed by atoms with van der Waals surface area (Å²) >= 11 is 0. The van der Waals surface area contributed by atoms with Gasteiger partial charge in [0.2, 0.25) is 0 Å². The molecule has 0 amide bonds. The van der Waals surface area contributed by atoms with E-state index in [2.05, 4.69) is 43.0 Å². The zero-order valence-electron chi connectivity index (χ0n) is 12.6. The fourth-order valence-corrected chi connectivity index (χ4v) is 1.36. The minimum atomic E-state index is -0.560. The Bertz CT molecular complexity index is 350. The molecule has 0 radical (unpaired) electrons. The maximum atomic E-state index is 10.4. The van der Waals surface area contributed by atoms with Crippen LogP contribution in [0.15, 0.2) is 30.3 Å². The molecule has 0 aliphatic rings. The Labute approximate surface area is 116 Å². The number of carbonyl (C=O) groups is 1. The molecule has 3 heteroatoms. The van der Waals surface area contributed by atoms with Gasteiger partial charge in [-0.15, -0.1) is 0 Å². The number of rotatable bonds is 3. The first-order chi connectivity index (χ1) is 8.76. The molecular weight excluding hydrogens is 240 g/mol. The molecule has 1 aromatic rings. The molecular formula is C16H26O3. The SMILES string of the molecule is CC(C)(C)CCC(=O)OO.CC(C)c1ccccc1. The highest BCUT2D eigenvalue weighted by Gasteiger charge is 2.13. The topological polar surface area (TPSA) is 46.5 Å². The zero-order chi connectivity index (χ0) is 14.9. The van der Waals surface area contributed by atoms with Crippen molar-refractivity contribution in [3.63, 3.8) is 0 Å². The molecule has 1 rings (SSSR count). The van der Waals surface area contributed by atoms with E-state index < -0.39 is 5.97 Å². The fourth-order valence-electron chi connectivity index (χ4n) is 1.36. The van der Waals surface area contributed by atoms with E-state index in [0.717, 1.165) is 6.42 Å². The van der Waals surface area contributed by atoms with Gasteiger partial charge in [0.05, 0.1) is 0 Å². The monoisotopic (exact) mass is 266 g/mol. The molecule has 0 saturated heterocycles. The lowest BCUT2D eigenvalue weighted by Gasteiger charge is -2.15. The van der Waals surface area contributed by atoms with Crippen molar-refractivity contribution >= 4 is 5.97 Å². The second kappa shape index (κ2) is 8.70. The quantitative estimate of drug-likeness (QED) is 0.640. The molecule has 1 N–H and O–H groups in total. The highest BCUT2D eigenvalue weighted by atomic mass is 17.1. The van der Waals surface area contributed by atoms with Crippen LogP contribution in [0.1, 0.15) is 58.9 Å². The van der Waals surface area contributed by atoms with Gasteiger partial charge >= 0.3 is 5.97 Å². The summed E-state index contributed by atoms with van der Waals surface area (Å²) in [4.78, 5) is 13.9. The summed E-state index contributed by atoms with van der Waals surface area (Å²) in [6, 6.07) is 10.5. The lowest BCUT2D eigenvalue weighted by molar-refractivity contribution is -0.234. The van der Waals surface area contributed by atoms with Gasteiger partial charge in [0.25, 0.3) is 0 Å². The second-order valence-corrected chi connectivity index (χ2v) is 6.09. The van der Waals surface area contributed by atoms with Crippen molar-refractivity contribution in [1.29, 1.82) is 0 Å². The normalized spacial score (nSPS) is 10.7. The summed E-state index contributed by atoms with van der Waals surface area (Å²) in [6.07, 6.45) is 1.01. The summed E-state index contributed by atoms with van der Waals surface area (Å²) in [5, 5.41) is 7.88. The molecule has 0 fully saturated rings. The van der Waals surface area contributed by atoms with Gasteiger partial charge in [-0.3, -0.25) is 0 Å². The van der Waals surface area contributed by atoms with Crippen molar-refractivity contribution in [2.75, 3.05) is 0 Å². The highest BCUT2D eigenvalue weighted by Crippen LogP contribution is 2.20. The second-order valence-electron chi connectivity index (χ2n) is 6.09. The summed E-state index contributed by atoms with van der Waals surface area (Å²) < 4.78 is 0. The van der Waals surface area contributed by atoms with E-state index in [0.29, 0.717) is 5.92 Å². The highest BCUT2D eigenvalue weighted by molar-refractivity contribution is 5.68. The van der Waals surface area contributed by atoms with Gasteiger partial charge in [-0.05, 0) is 23.3 Å². The standard InChI is InChI=1S/C9H12.C7H14O3/c1-8(2)9-6-4-3-5-7-9;1-7(2,3)5-4-6(8)10-9/h3-8H,1-2H3;9H,4-5H2,1-3H3. The average Bonchev–Trinajstić information content (AvgIpc) is 2.37. The van der Waals surface area contributed by atoms with Crippen LogP contribution in [-0.4, -0.2) is 11.2 Å². The third kappa shape index (κ3) is 10.3. The number of hydrogen-bond acceptors (Lipinski definition) is 3. The van der Waals surface area contributed by atoms with Gasteiger partial charge in [0.15, 0.2) is 0 Å². The summed E-state index contributed by atoms with van der Waals surface area (Å²) in [7, 11) is 0. The Hall–Kier alpha value is -1.35. The van der Waals surface area contributed by atoms with Crippen LogP contribution in [0.5, 0.6) is 0 Å². The predicted octanol–water partition coefficient (Wildman–Crippen LogP) is 4.64. The van der Waals surface area contributed by atoms with Gasteiger partial charge in [-0.2, -0.15) is 5.26 Å². The van der Waals surface area contributed by atoms with Crippen molar-refractivity contribution in [3.05, 3.63) is 35.9 Å². The van der Waals surface area contributed by atoms with Crippen molar-refractivity contribution in [1.82, 2.24) is 0 Å². The van der Waals surface area contributed by atoms with Gasteiger partial charge in [-0.25, -0.2) is 4.79 Å². The van der Waals surface area contributed by atoms with E-state index in [1.54, 1.807) is 0 Å². The first kappa shape index (κ1) is 17.6. The third-order valence-corrected chi connectivity index (χ3v) is 2.65. The molecule has 3 nitrogen and oxygen atoms in total. The van der Waals surface area contributed by atoms with Gasteiger partial charge in [-0.1, -0.05) is 65.0 Å². The number of benzene rings is 1. The van der Waals surface area contributed by atoms with E-state index >= 15 is 0 Å². The summed E-state index contributed by atoms with van der Waals surface area (Å²) in [5.74, 6) is 0.0983. The smallest absolute Gasteiger partial charge is 0.301 e. The maximum Gasteiger partial charge on any atom is 0.342 e. The molecule has 0 saturated carbocycles.